The van der Waals surface area contributed by atoms with Crippen molar-refractivity contribution in [2.75, 3.05) is 7.11 Å². The van der Waals surface area contributed by atoms with Crippen molar-refractivity contribution in [2.24, 2.45) is 0 Å². The highest BCUT2D eigenvalue weighted by atomic mass is 16.6. The zero-order chi connectivity index (χ0) is 16.7. The Morgan fingerprint density at radius 2 is 1.48 bits per heavy atom. The molecule has 2 aromatic carbocycles. The van der Waals surface area contributed by atoms with E-state index >= 15 is 0 Å². The molecule has 1 atom stereocenters. The fourth-order valence-electron chi connectivity index (χ4n) is 1.75. The van der Waals surface area contributed by atoms with Crippen LogP contribution in [0.3, 0.4) is 0 Å². The second-order valence-electron chi connectivity index (χ2n) is 4.67. The number of nitrogens with one attached hydrogen (secondary N) is 1. The minimum Gasteiger partial charge on any atom is -0.467 e. The molecule has 1 amide bonds. The van der Waals surface area contributed by atoms with Crippen LogP contribution in [0.5, 0.6) is 17.2 Å². The Morgan fingerprint density at radius 3 is 2.09 bits per heavy atom. The third-order valence-corrected chi connectivity index (χ3v) is 2.90. The number of carbonyl (C=O) groups excluding carboxylic acids is 2. The van der Waals surface area contributed by atoms with Crippen LogP contribution in [0.4, 0.5) is 4.79 Å². The normalized spacial score (nSPS) is 11.2. The molecule has 6 nitrogen and oxygen atoms in total. The number of ether oxygens (including phenoxy) is 3. The number of carbonyl (C=O) groups is 2. The topological polar surface area (TPSA) is 73.9 Å². The number of para-hydroxylation sites is 1. The van der Waals surface area contributed by atoms with Crippen LogP contribution in [-0.4, -0.2) is 25.2 Å². The molecule has 0 saturated heterocycles. The lowest BCUT2D eigenvalue weighted by Gasteiger charge is -2.12. The van der Waals surface area contributed by atoms with Crippen molar-refractivity contribution >= 4 is 12.1 Å². The zero-order valence-electron chi connectivity index (χ0n) is 12.8. The number of methoxy groups -OCH3 is 1. The quantitative estimate of drug-likeness (QED) is 0.858. The Labute approximate surface area is 134 Å². The predicted octanol–water partition coefficient (Wildman–Crippen LogP) is 3.13. The van der Waals surface area contributed by atoms with Gasteiger partial charge in [-0.3, -0.25) is 0 Å². The molecule has 0 aliphatic heterocycles. The summed E-state index contributed by atoms with van der Waals surface area (Å²) in [5, 5.41) is 2.37. The van der Waals surface area contributed by atoms with Gasteiger partial charge in [0.15, 0.2) is 0 Å². The fraction of sp³-hybridized carbons (Fsp3) is 0.176. The van der Waals surface area contributed by atoms with Gasteiger partial charge in [0.05, 0.1) is 7.11 Å². The highest BCUT2D eigenvalue weighted by Crippen LogP contribution is 2.23. The number of rotatable bonds is 5. The van der Waals surface area contributed by atoms with E-state index in [1.54, 1.807) is 24.3 Å². The molecule has 0 bridgehead atoms. The third-order valence-electron chi connectivity index (χ3n) is 2.90. The van der Waals surface area contributed by atoms with Crippen molar-refractivity contribution < 1.29 is 23.8 Å². The van der Waals surface area contributed by atoms with Crippen LogP contribution < -0.4 is 14.8 Å². The average molecular weight is 315 g/mol. The number of hydrogen-bond acceptors (Lipinski definition) is 5. The Morgan fingerprint density at radius 1 is 0.913 bits per heavy atom. The molecular weight excluding hydrogens is 298 g/mol. The molecule has 0 fully saturated rings. The van der Waals surface area contributed by atoms with Gasteiger partial charge in [0.2, 0.25) is 0 Å². The van der Waals surface area contributed by atoms with Gasteiger partial charge in [-0.25, -0.2) is 9.59 Å². The molecule has 0 radical (unpaired) electrons. The van der Waals surface area contributed by atoms with Gasteiger partial charge in [-0.1, -0.05) is 18.2 Å². The summed E-state index contributed by atoms with van der Waals surface area (Å²) in [6, 6.07) is 15.1. The molecule has 2 aromatic rings. The molecule has 120 valence electrons. The first-order chi connectivity index (χ1) is 11.1. The first-order valence-electron chi connectivity index (χ1n) is 6.97. The van der Waals surface area contributed by atoms with Gasteiger partial charge in [0, 0.05) is 0 Å². The summed E-state index contributed by atoms with van der Waals surface area (Å²) in [5.74, 6) is 1.12. The summed E-state index contributed by atoms with van der Waals surface area (Å²) in [6.45, 7) is 1.50. The van der Waals surface area contributed by atoms with Crippen molar-refractivity contribution in [3.63, 3.8) is 0 Å². The van der Waals surface area contributed by atoms with Gasteiger partial charge in [-0.2, -0.15) is 0 Å². The standard InChI is InChI=1S/C17H17NO5/c1-12(16(19)21-2)18-17(20)23-15-10-8-14(9-11-15)22-13-6-4-3-5-7-13/h3-12H,1-2H3,(H,18,20). The largest absolute Gasteiger partial charge is 0.467 e. The monoisotopic (exact) mass is 315 g/mol. The number of amides is 1. The van der Waals surface area contributed by atoms with Gasteiger partial charge in [-0.05, 0) is 43.3 Å². The maximum Gasteiger partial charge on any atom is 0.413 e. The van der Waals surface area contributed by atoms with Crippen LogP contribution in [0.1, 0.15) is 6.92 Å². The van der Waals surface area contributed by atoms with Gasteiger partial charge < -0.3 is 19.5 Å². The van der Waals surface area contributed by atoms with E-state index in [4.69, 9.17) is 9.47 Å². The van der Waals surface area contributed by atoms with Crippen molar-refractivity contribution in [2.45, 2.75) is 13.0 Å². The van der Waals surface area contributed by atoms with E-state index < -0.39 is 18.1 Å². The van der Waals surface area contributed by atoms with Crippen molar-refractivity contribution in [3.8, 4) is 17.2 Å². The average Bonchev–Trinajstić information content (AvgIpc) is 2.56. The van der Waals surface area contributed by atoms with Crippen LogP contribution in [0.15, 0.2) is 54.6 Å². The fourth-order valence-corrected chi connectivity index (χ4v) is 1.75. The third kappa shape index (κ3) is 5.03. The van der Waals surface area contributed by atoms with Crippen LogP contribution in [0.2, 0.25) is 0 Å². The molecule has 23 heavy (non-hydrogen) atoms. The highest BCUT2D eigenvalue weighted by Gasteiger charge is 2.16. The molecule has 0 aliphatic carbocycles. The van der Waals surface area contributed by atoms with Crippen molar-refractivity contribution in [1.29, 1.82) is 0 Å². The minimum absolute atomic E-state index is 0.333. The van der Waals surface area contributed by atoms with Crippen LogP contribution >= 0.6 is 0 Å². The summed E-state index contributed by atoms with van der Waals surface area (Å²) < 4.78 is 15.2. The maximum atomic E-state index is 11.6. The van der Waals surface area contributed by atoms with E-state index in [0.717, 1.165) is 0 Å². The van der Waals surface area contributed by atoms with Crippen molar-refractivity contribution in [1.82, 2.24) is 5.32 Å². The highest BCUT2D eigenvalue weighted by molar-refractivity contribution is 5.81. The lowest BCUT2D eigenvalue weighted by molar-refractivity contribution is -0.142. The van der Waals surface area contributed by atoms with Gasteiger partial charge in [0.25, 0.3) is 0 Å². The molecule has 0 aliphatic rings. The predicted molar refractivity (Wildman–Crippen MR) is 83.6 cm³/mol. The molecular formula is C17H17NO5. The first kappa shape index (κ1) is 16.4. The smallest absolute Gasteiger partial charge is 0.413 e. The van der Waals surface area contributed by atoms with Gasteiger partial charge in [-0.15, -0.1) is 0 Å². The van der Waals surface area contributed by atoms with Crippen molar-refractivity contribution in [3.05, 3.63) is 54.6 Å². The van der Waals surface area contributed by atoms with Crippen LogP contribution in [-0.2, 0) is 9.53 Å². The van der Waals surface area contributed by atoms with E-state index in [1.165, 1.54) is 14.0 Å². The molecule has 0 heterocycles. The Hall–Kier alpha value is -3.02. The summed E-state index contributed by atoms with van der Waals surface area (Å²) in [7, 11) is 1.25. The molecule has 0 spiro atoms. The Bertz CT molecular complexity index is 654. The van der Waals surface area contributed by atoms with E-state index in [1.807, 2.05) is 30.3 Å². The molecule has 6 heteroatoms. The number of hydrogen-bond donors (Lipinski definition) is 1. The lowest BCUT2D eigenvalue weighted by Crippen LogP contribution is -2.40. The van der Waals surface area contributed by atoms with E-state index in [0.29, 0.717) is 17.2 Å². The second kappa shape index (κ2) is 7.84. The summed E-state index contributed by atoms with van der Waals surface area (Å²) in [4.78, 5) is 22.9. The summed E-state index contributed by atoms with van der Waals surface area (Å²) >= 11 is 0. The Kier molecular flexibility index (Phi) is 5.57. The molecule has 0 saturated carbocycles. The summed E-state index contributed by atoms with van der Waals surface area (Å²) in [6.07, 6.45) is -0.736. The van der Waals surface area contributed by atoms with Gasteiger partial charge in [0.1, 0.15) is 23.3 Å². The Balaban J connectivity index is 1.89. The molecule has 0 aromatic heterocycles. The lowest BCUT2D eigenvalue weighted by atomic mass is 10.3. The van der Waals surface area contributed by atoms with Crippen LogP contribution in [0, 0.1) is 0 Å². The number of benzene rings is 2. The molecule has 1 unspecified atom stereocenters. The minimum atomic E-state index is -0.784. The zero-order valence-corrected chi connectivity index (χ0v) is 12.8. The number of esters is 1. The van der Waals surface area contributed by atoms with E-state index in [2.05, 4.69) is 10.1 Å². The van der Waals surface area contributed by atoms with E-state index in [9.17, 15) is 9.59 Å². The van der Waals surface area contributed by atoms with Gasteiger partial charge >= 0.3 is 12.1 Å². The molecule has 1 N–H and O–H groups in total. The van der Waals surface area contributed by atoms with Crippen LogP contribution in [0.25, 0.3) is 0 Å². The SMILES string of the molecule is COC(=O)C(C)NC(=O)Oc1ccc(Oc2ccccc2)cc1. The molecule has 2 rings (SSSR count). The second-order valence-corrected chi connectivity index (χ2v) is 4.67. The first-order valence-corrected chi connectivity index (χ1v) is 6.97. The summed E-state index contributed by atoms with van der Waals surface area (Å²) in [5.41, 5.74) is 0. The van der Waals surface area contributed by atoms with E-state index in [-0.39, 0.29) is 0 Å². The maximum absolute atomic E-state index is 11.6.